The average Bonchev–Trinajstić information content (AvgIpc) is 2.42. The summed E-state index contributed by atoms with van der Waals surface area (Å²) in [6.45, 7) is 2.00. The molecule has 108 valence electrons. The molecule has 0 unspecified atom stereocenters. The normalized spacial score (nSPS) is 10.3. The summed E-state index contributed by atoms with van der Waals surface area (Å²) in [5.74, 6) is -0.984. The van der Waals surface area contributed by atoms with Crippen molar-refractivity contribution in [1.29, 1.82) is 0 Å². The zero-order chi connectivity index (χ0) is 15.6. The molecule has 0 bridgehead atoms. The molecule has 2 rings (SSSR count). The van der Waals surface area contributed by atoms with Crippen molar-refractivity contribution in [3.63, 3.8) is 0 Å². The number of amides is 1. The van der Waals surface area contributed by atoms with Gasteiger partial charge in [0.1, 0.15) is 5.56 Å². The molecule has 1 aromatic heterocycles. The highest BCUT2D eigenvalue weighted by molar-refractivity contribution is 5.92. The highest BCUT2D eigenvalue weighted by atomic mass is 16.6. The van der Waals surface area contributed by atoms with E-state index in [9.17, 15) is 19.7 Å². The molecule has 2 aromatic rings. The fourth-order valence-corrected chi connectivity index (χ4v) is 1.98. The minimum absolute atomic E-state index is 0.132. The summed E-state index contributed by atoms with van der Waals surface area (Å²) in [7, 11) is 0. The maximum atomic E-state index is 12.1. The number of nitrogens with zero attached hydrogens (tertiary/aromatic N) is 2. The summed E-state index contributed by atoms with van der Waals surface area (Å²) in [5.41, 5.74) is 5.49. The molecule has 2 N–H and O–H groups in total. The Kier molecular flexibility index (Phi) is 3.84. The number of rotatable bonds is 4. The number of benzene rings is 1. The minimum Gasteiger partial charge on any atom is -0.365 e. The molecule has 0 saturated heterocycles. The highest BCUT2D eigenvalue weighted by Crippen LogP contribution is 2.13. The molecule has 0 atom stereocenters. The number of hydrogen-bond acceptors (Lipinski definition) is 4. The molecule has 0 aliphatic heterocycles. The molecule has 0 aliphatic carbocycles. The van der Waals surface area contributed by atoms with Crippen LogP contribution in [0.4, 0.5) is 5.69 Å². The van der Waals surface area contributed by atoms with Crippen LogP contribution in [0.1, 0.15) is 21.5 Å². The third kappa shape index (κ3) is 2.97. The van der Waals surface area contributed by atoms with Gasteiger partial charge in [-0.1, -0.05) is 24.3 Å². The number of carbonyl (C=O) groups is 1. The van der Waals surface area contributed by atoms with Crippen LogP contribution in [0, 0.1) is 17.0 Å². The third-order valence-electron chi connectivity index (χ3n) is 3.15. The Morgan fingerprint density at radius 2 is 2.05 bits per heavy atom. The van der Waals surface area contributed by atoms with E-state index in [1.165, 1.54) is 0 Å². The monoisotopic (exact) mass is 287 g/mol. The van der Waals surface area contributed by atoms with Crippen LogP contribution in [-0.2, 0) is 6.54 Å². The summed E-state index contributed by atoms with van der Waals surface area (Å²) in [4.78, 5) is 33.6. The van der Waals surface area contributed by atoms with Gasteiger partial charge in [0.15, 0.2) is 0 Å². The molecule has 0 aliphatic rings. The molecule has 1 heterocycles. The first-order chi connectivity index (χ1) is 9.90. The van der Waals surface area contributed by atoms with Gasteiger partial charge in [-0.2, -0.15) is 0 Å². The second-order valence-corrected chi connectivity index (χ2v) is 4.59. The summed E-state index contributed by atoms with van der Waals surface area (Å²) < 4.78 is 1.13. The lowest BCUT2D eigenvalue weighted by atomic mass is 10.1. The lowest BCUT2D eigenvalue weighted by Crippen LogP contribution is -2.30. The maximum Gasteiger partial charge on any atom is 0.286 e. The SMILES string of the molecule is Cc1ccccc1Cn1cc([N+](=O)[O-])cc(C(N)=O)c1=O. The van der Waals surface area contributed by atoms with E-state index in [-0.39, 0.29) is 12.2 Å². The Balaban J connectivity index is 2.58. The van der Waals surface area contributed by atoms with Crippen molar-refractivity contribution >= 4 is 11.6 Å². The van der Waals surface area contributed by atoms with E-state index >= 15 is 0 Å². The van der Waals surface area contributed by atoms with Crippen LogP contribution in [0.25, 0.3) is 0 Å². The van der Waals surface area contributed by atoms with E-state index in [0.717, 1.165) is 28.0 Å². The van der Waals surface area contributed by atoms with Crippen LogP contribution < -0.4 is 11.3 Å². The van der Waals surface area contributed by atoms with Gasteiger partial charge in [0.05, 0.1) is 17.7 Å². The number of hydrogen-bond donors (Lipinski definition) is 1. The van der Waals surface area contributed by atoms with Crippen molar-refractivity contribution in [3.8, 4) is 0 Å². The molecule has 0 radical (unpaired) electrons. The summed E-state index contributed by atoms with van der Waals surface area (Å²) in [6.07, 6.45) is 1.11. The smallest absolute Gasteiger partial charge is 0.286 e. The fraction of sp³-hybridized carbons (Fsp3) is 0.143. The van der Waals surface area contributed by atoms with Gasteiger partial charge in [-0.3, -0.25) is 19.7 Å². The zero-order valence-corrected chi connectivity index (χ0v) is 11.3. The lowest BCUT2D eigenvalue weighted by Gasteiger charge is -2.09. The number of aryl methyl sites for hydroxylation is 1. The van der Waals surface area contributed by atoms with Crippen LogP contribution in [0.2, 0.25) is 0 Å². The molecule has 7 heteroatoms. The zero-order valence-electron chi connectivity index (χ0n) is 11.3. The number of primary amides is 1. The van der Waals surface area contributed by atoms with Gasteiger partial charge in [-0.15, -0.1) is 0 Å². The molecule has 0 saturated carbocycles. The predicted molar refractivity (Wildman–Crippen MR) is 76.2 cm³/mol. The third-order valence-corrected chi connectivity index (χ3v) is 3.15. The Hall–Kier alpha value is -2.96. The van der Waals surface area contributed by atoms with Crippen LogP contribution in [0.15, 0.2) is 41.3 Å². The minimum atomic E-state index is -0.984. The molecular weight excluding hydrogens is 274 g/mol. The van der Waals surface area contributed by atoms with E-state index in [4.69, 9.17) is 5.73 Å². The Morgan fingerprint density at radius 3 is 2.62 bits per heavy atom. The van der Waals surface area contributed by atoms with Crippen LogP contribution >= 0.6 is 0 Å². The second kappa shape index (κ2) is 5.58. The van der Waals surface area contributed by atoms with Gasteiger partial charge in [-0.25, -0.2) is 0 Å². The molecule has 0 spiro atoms. The fourth-order valence-electron chi connectivity index (χ4n) is 1.98. The number of aromatic nitrogens is 1. The standard InChI is InChI=1S/C14H13N3O4/c1-9-4-2-3-5-10(9)7-16-8-11(17(20)21)6-12(13(15)18)14(16)19/h2-6,8H,7H2,1H3,(H2,15,18). The molecule has 0 fully saturated rings. The molecule has 1 amide bonds. The number of pyridine rings is 1. The van der Waals surface area contributed by atoms with E-state index in [1.807, 2.05) is 25.1 Å². The van der Waals surface area contributed by atoms with Crippen LogP contribution in [-0.4, -0.2) is 15.4 Å². The number of nitro groups is 1. The first-order valence-electron chi connectivity index (χ1n) is 6.13. The van der Waals surface area contributed by atoms with Gasteiger partial charge >= 0.3 is 0 Å². The second-order valence-electron chi connectivity index (χ2n) is 4.59. The lowest BCUT2D eigenvalue weighted by molar-refractivity contribution is -0.385. The molecule has 21 heavy (non-hydrogen) atoms. The number of nitrogens with two attached hydrogens (primary N) is 1. The Labute approximate surface area is 119 Å². The van der Waals surface area contributed by atoms with E-state index < -0.39 is 22.0 Å². The maximum absolute atomic E-state index is 12.1. The number of carbonyl (C=O) groups excluding carboxylic acids is 1. The summed E-state index contributed by atoms with van der Waals surface area (Å²) in [6, 6.07) is 8.24. The molecular formula is C14H13N3O4. The van der Waals surface area contributed by atoms with Gasteiger partial charge in [0, 0.05) is 6.07 Å². The predicted octanol–water partition coefficient (Wildman–Crippen LogP) is 1.21. The highest BCUT2D eigenvalue weighted by Gasteiger charge is 2.17. The van der Waals surface area contributed by atoms with Gasteiger partial charge in [0.2, 0.25) is 0 Å². The van der Waals surface area contributed by atoms with Crippen molar-refractivity contribution in [2.45, 2.75) is 13.5 Å². The Morgan fingerprint density at radius 1 is 1.38 bits per heavy atom. The molecule has 7 nitrogen and oxygen atoms in total. The largest absolute Gasteiger partial charge is 0.365 e. The van der Waals surface area contributed by atoms with Crippen LogP contribution in [0.5, 0.6) is 0 Å². The van der Waals surface area contributed by atoms with E-state index in [1.54, 1.807) is 6.07 Å². The van der Waals surface area contributed by atoms with Crippen molar-refractivity contribution in [1.82, 2.24) is 4.57 Å². The van der Waals surface area contributed by atoms with Crippen molar-refractivity contribution < 1.29 is 9.72 Å². The van der Waals surface area contributed by atoms with Crippen molar-refractivity contribution in [3.05, 3.63) is 73.7 Å². The molecule has 1 aromatic carbocycles. The first-order valence-corrected chi connectivity index (χ1v) is 6.13. The first kappa shape index (κ1) is 14.4. The topological polar surface area (TPSA) is 108 Å². The van der Waals surface area contributed by atoms with E-state index in [2.05, 4.69) is 0 Å². The summed E-state index contributed by atoms with van der Waals surface area (Å²) >= 11 is 0. The van der Waals surface area contributed by atoms with Crippen molar-refractivity contribution in [2.24, 2.45) is 5.73 Å². The Bertz CT molecular complexity index is 780. The van der Waals surface area contributed by atoms with Gasteiger partial charge in [-0.05, 0) is 18.1 Å². The van der Waals surface area contributed by atoms with Crippen LogP contribution in [0.3, 0.4) is 0 Å². The quantitative estimate of drug-likeness (QED) is 0.673. The summed E-state index contributed by atoms with van der Waals surface area (Å²) in [5, 5.41) is 10.9. The van der Waals surface area contributed by atoms with Crippen molar-refractivity contribution in [2.75, 3.05) is 0 Å². The van der Waals surface area contributed by atoms with Gasteiger partial charge in [0.25, 0.3) is 17.2 Å². The average molecular weight is 287 g/mol. The van der Waals surface area contributed by atoms with E-state index in [0.29, 0.717) is 0 Å². The van der Waals surface area contributed by atoms with Gasteiger partial charge < -0.3 is 10.3 Å².